The molecule has 0 atom stereocenters. The summed E-state index contributed by atoms with van der Waals surface area (Å²) in [6.07, 6.45) is 2.53. The molecule has 0 aliphatic heterocycles. The first-order valence-corrected chi connectivity index (χ1v) is 7.94. The number of nitrogens with one attached hydrogen (secondary N) is 1. The predicted molar refractivity (Wildman–Crippen MR) is 89.1 cm³/mol. The summed E-state index contributed by atoms with van der Waals surface area (Å²) in [6, 6.07) is 8.07. The average Bonchev–Trinajstić information content (AvgIpc) is 3.10. The Bertz CT molecular complexity index is 728. The zero-order chi connectivity index (χ0) is 17.4. The predicted octanol–water partition coefficient (Wildman–Crippen LogP) is 2.77. The highest BCUT2D eigenvalue weighted by Crippen LogP contribution is 2.18. The number of hydrogen-bond acceptors (Lipinski definition) is 5. The minimum absolute atomic E-state index is 0.122. The van der Waals surface area contributed by atoms with E-state index in [4.69, 9.17) is 9.47 Å². The number of hydrogen-bond donors (Lipinski definition) is 1. The molecule has 0 spiro atoms. The van der Waals surface area contributed by atoms with Crippen LogP contribution in [0.5, 0.6) is 5.75 Å². The molecule has 5 nitrogen and oxygen atoms in total. The molecular weight excluding hydrogens is 333 g/mol. The summed E-state index contributed by atoms with van der Waals surface area (Å²) < 4.78 is 23.1. The molecule has 1 aromatic heterocycles. The fraction of sp³-hybridized carbons (Fsp3) is 0.176. The van der Waals surface area contributed by atoms with Crippen LogP contribution in [-0.2, 0) is 20.9 Å². The summed E-state index contributed by atoms with van der Waals surface area (Å²) in [6.45, 7) is 0.0283. The van der Waals surface area contributed by atoms with Crippen molar-refractivity contribution in [3.05, 3.63) is 58.0 Å². The van der Waals surface area contributed by atoms with E-state index in [1.54, 1.807) is 6.07 Å². The number of halogens is 1. The molecular formula is C17H16FNO4S. The van der Waals surface area contributed by atoms with E-state index in [1.807, 2.05) is 17.5 Å². The molecule has 0 saturated heterocycles. The van der Waals surface area contributed by atoms with Gasteiger partial charge in [-0.05, 0) is 35.2 Å². The lowest BCUT2D eigenvalue weighted by molar-refractivity contribution is -0.143. The van der Waals surface area contributed by atoms with Gasteiger partial charge in [0.05, 0.1) is 13.7 Å². The lowest BCUT2D eigenvalue weighted by Gasteiger charge is -2.04. The molecule has 0 aliphatic rings. The number of carbonyl (C=O) groups excluding carboxylic acids is 2. The topological polar surface area (TPSA) is 64.6 Å². The van der Waals surface area contributed by atoms with E-state index in [2.05, 4.69) is 5.32 Å². The lowest BCUT2D eigenvalue weighted by Crippen LogP contribution is -2.27. The van der Waals surface area contributed by atoms with Crippen LogP contribution in [0.2, 0.25) is 0 Å². The van der Waals surface area contributed by atoms with E-state index in [0.717, 1.165) is 11.0 Å². The number of ether oxygens (including phenoxy) is 2. The average molecular weight is 349 g/mol. The molecule has 2 aromatic rings. The highest BCUT2D eigenvalue weighted by Gasteiger charge is 2.06. The first kappa shape index (κ1) is 17.7. The Morgan fingerprint density at radius 3 is 2.83 bits per heavy atom. The van der Waals surface area contributed by atoms with Crippen molar-refractivity contribution in [3.8, 4) is 5.75 Å². The van der Waals surface area contributed by atoms with Crippen LogP contribution in [0.3, 0.4) is 0 Å². The molecule has 0 fully saturated rings. The third kappa shape index (κ3) is 5.51. The van der Waals surface area contributed by atoms with Crippen molar-refractivity contribution in [3.63, 3.8) is 0 Å². The zero-order valence-electron chi connectivity index (χ0n) is 13.0. The number of rotatable bonds is 7. The summed E-state index contributed by atoms with van der Waals surface area (Å²) in [5.41, 5.74) is 0.479. The smallest absolute Gasteiger partial charge is 0.331 e. The zero-order valence-corrected chi connectivity index (χ0v) is 13.8. The highest BCUT2D eigenvalue weighted by molar-refractivity contribution is 7.09. The van der Waals surface area contributed by atoms with Crippen LogP contribution in [0.1, 0.15) is 10.4 Å². The van der Waals surface area contributed by atoms with Gasteiger partial charge in [-0.2, -0.15) is 0 Å². The number of carbonyl (C=O) groups is 2. The molecule has 0 bridgehead atoms. The number of esters is 1. The maximum Gasteiger partial charge on any atom is 0.331 e. The van der Waals surface area contributed by atoms with Gasteiger partial charge in [-0.1, -0.05) is 12.1 Å². The molecule has 1 N–H and O–H groups in total. The standard InChI is InChI=1S/C17H16FNO4S/c1-22-15-6-4-12(9-14(15)18)5-7-17(21)23-11-16(20)19-10-13-3-2-8-24-13/h2-9H,10-11H2,1H3,(H,19,20)/b7-5+. The van der Waals surface area contributed by atoms with Crippen LogP contribution in [0.4, 0.5) is 4.39 Å². The molecule has 0 saturated carbocycles. The second kappa shape index (κ2) is 8.83. The van der Waals surface area contributed by atoms with Crippen LogP contribution in [-0.4, -0.2) is 25.6 Å². The Morgan fingerprint density at radius 2 is 2.17 bits per heavy atom. The van der Waals surface area contributed by atoms with Crippen LogP contribution in [0, 0.1) is 5.82 Å². The van der Waals surface area contributed by atoms with Crippen LogP contribution < -0.4 is 10.1 Å². The maximum atomic E-state index is 13.5. The molecule has 1 aromatic carbocycles. The fourth-order valence-corrected chi connectivity index (χ4v) is 2.43. The Hall–Kier alpha value is -2.67. The van der Waals surface area contributed by atoms with E-state index in [9.17, 15) is 14.0 Å². The Morgan fingerprint density at radius 1 is 1.33 bits per heavy atom. The van der Waals surface area contributed by atoms with Gasteiger partial charge in [0.15, 0.2) is 18.2 Å². The number of benzene rings is 1. The van der Waals surface area contributed by atoms with Crippen molar-refractivity contribution in [1.29, 1.82) is 0 Å². The van der Waals surface area contributed by atoms with Gasteiger partial charge in [0, 0.05) is 11.0 Å². The number of amides is 1. The van der Waals surface area contributed by atoms with E-state index in [0.29, 0.717) is 12.1 Å². The van der Waals surface area contributed by atoms with Crippen molar-refractivity contribution < 1.29 is 23.5 Å². The molecule has 0 radical (unpaired) electrons. The summed E-state index contributed by atoms with van der Waals surface area (Å²) in [5, 5.41) is 4.55. The van der Waals surface area contributed by atoms with Gasteiger partial charge in [0.2, 0.25) is 0 Å². The SMILES string of the molecule is COc1ccc(/C=C/C(=O)OCC(=O)NCc2cccs2)cc1F. The second-order valence-corrected chi connectivity index (χ2v) is 5.72. The van der Waals surface area contributed by atoms with Crippen LogP contribution in [0.15, 0.2) is 41.8 Å². The van der Waals surface area contributed by atoms with E-state index < -0.39 is 11.8 Å². The Kier molecular flexibility index (Phi) is 6.51. The van der Waals surface area contributed by atoms with E-state index in [-0.39, 0.29) is 18.3 Å². The quantitative estimate of drug-likeness (QED) is 0.617. The largest absolute Gasteiger partial charge is 0.494 e. The van der Waals surface area contributed by atoms with E-state index in [1.165, 1.54) is 36.7 Å². The molecule has 126 valence electrons. The minimum atomic E-state index is -0.683. The third-order valence-electron chi connectivity index (χ3n) is 2.97. The van der Waals surface area contributed by atoms with Crippen LogP contribution in [0.25, 0.3) is 6.08 Å². The summed E-state index contributed by atoms with van der Waals surface area (Å²) in [7, 11) is 1.37. The monoisotopic (exact) mass is 349 g/mol. The van der Waals surface area contributed by atoms with Gasteiger partial charge < -0.3 is 14.8 Å². The second-order valence-electron chi connectivity index (χ2n) is 4.69. The Labute approximate surface area is 142 Å². The Balaban J connectivity index is 1.76. The summed E-state index contributed by atoms with van der Waals surface area (Å²) >= 11 is 1.53. The van der Waals surface area contributed by atoms with Gasteiger partial charge in [-0.3, -0.25) is 4.79 Å². The fourth-order valence-electron chi connectivity index (χ4n) is 1.79. The van der Waals surface area contributed by atoms with Crippen molar-refractivity contribution in [2.75, 3.05) is 13.7 Å². The molecule has 2 rings (SSSR count). The molecule has 1 amide bonds. The molecule has 24 heavy (non-hydrogen) atoms. The van der Waals surface area contributed by atoms with E-state index >= 15 is 0 Å². The first-order valence-electron chi connectivity index (χ1n) is 7.06. The molecule has 1 heterocycles. The third-order valence-corrected chi connectivity index (χ3v) is 3.85. The summed E-state index contributed by atoms with van der Waals surface area (Å²) in [4.78, 5) is 24.1. The number of thiophene rings is 1. The van der Waals surface area contributed by atoms with Crippen molar-refractivity contribution in [2.45, 2.75) is 6.54 Å². The maximum absolute atomic E-state index is 13.5. The lowest BCUT2D eigenvalue weighted by atomic mass is 10.2. The highest BCUT2D eigenvalue weighted by atomic mass is 32.1. The van der Waals surface area contributed by atoms with Gasteiger partial charge >= 0.3 is 5.97 Å². The minimum Gasteiger partial charge on any atom is -0.494 e. The van der Waals surface area contributed by atoms with Crippen molar-refractivity contribution in [1.82, 2.24) is 5.32 Å². The number of methoxy groups -OCH3 is 1. The van der Waals surface area contributed by atoms with Crippen LogP contribution >= 0.6 is 11.3 Å². The van der Waals surface area contributed by atoms with Crippen molar-refractivity contribution >= 4 is 29.3 Å². The summed E-state index contributed by atoms with van der Waals surface area (Å²) in [5.74, 6) is -1.48. The van der Waals surface area contributed by atoms with Crippen molar-refractivity contribution in [2.24, 2.45) is 0 Å². The van der Waals surface area contributed by atoms with Gasteiger partial charge in [0.25, 0.3) is 5.91 Å². The molecule has 0 unspecified atom stereocenters. The van der Waals surface area contributed by atoms with Gasteiger partial charge in [0.1, 0.15) is 0 Å². The normalized spacial score (nSPS) is 10.6. The van der Waals surface area contributed by atoms with Gasteiger partial charge in [-0.15, -0.1) is 11.3 Å². The first-order chi connectivity index (χ1) is 11.6. The molecule has 7 heteroatoms. The molecule has 0 aliphatic carbocycles. The van der Waals surface area contributed by atoms with Gasteiger partial charge in [-0.25, -0.2) is 9.18 Å².